The Hall–Kier alpha value is -3.93. The minimum Gasteiger partial charge on any atom is -0.387 e. The molecule has 1 aliphatic rings. The Morgan fingerprint density at radius 3 is 2.69 bits per heavy atom. The topological polar surface area (TPSA) is 147 Å². The van der Waals surface area contributed by atoms with Gasteiger partial charge in [-0.3, -0.25) is 14.3 Å². The zero-order valence-corrected chi connectivity index (χ0v) is 19.2. The number of carbonyl (C=O) groups excluding carboxylic acids is 1. The van der Waals surface area contributed by atoms with Gasteiger partial charge in [-0.2, -0.15) is 0 Å². The number of nitrogens with one attached hydrogen (secondary N) is 2. The maximum atomic E-state index is 12.1. The van der Waals surface area contributed by atoms with Gasteiger partial charge in [0.2, 0.25) is 0 Å². The van der Waals surface area contributed by atoms with Crippen molar-refractivity contribution in [3.63, 3.8) is 0 Å². The van der Waals surface area contributed by atoms with Crippen molar-refractivity contribution in [2.75, 3.05) is 12.4 Å². The second-order valence-electron chi connectivity index (χ2n) is 8.29. The molecule has 1 saturated heterocycles. The molecule has 4 aromatic rings. The summed E-state index contributed by atoms with van der Waals surface area (Å²) in [4.78, 5) is 30.2. The Bertz CT molecular complexity index is 1360. The molecule has 11 heteroatoms. The van der Waals surface area contributed by atoms with Gasteiger partial charge >= 0.3 is 0 Å². The van der Waals surface area contributed by atoms with E-state index in [1.165, 1.54) is 17.9 Å². The summed E-state index contributed by atoms with van der Waals surface area (Å²) >= 11 is 0. The van der Waals surface area contributed by atoms with Gasteiger partial charge in [-0.05, 0) is 24.1 Å². The number of nitrogens with zero attached hydrogens (tertiary/aromatic N) is 5. The van der Waals surface area contributed by atoms with Gasteiger partial charge in [0, 0.05) is 31.5 Å². The Kier molecular flexibility index (Phi) is 6.12. The highest BCUT2D eigenvalue weighted by molar-refractivity contribution is 5.85. The van der Waals surface area contributed by atoms with Crippen molar-refractivity contribution < 1.29 is 19.7 Å². The van der Waals surface area contributed by atoms with Crippen molar-refractivity contribution >= 4 is 22.9 Å². The van der Waals surface area contributed by atoms with Gasteiger partial charge in [0.1, 0.15) is 12.2 Å². The van der Waals surface area contributed by atoms with E-state index in [1.807, 2.05) is 43.3 Å². The van der Waals surface area contributed by atoms with Crippen LogP contribution in [0.3, 0.4) is 0 Å². The number of anilines is 1. The molecular formula is C24H25N7O4. The number of carbonyl (C=O) groups is 1. The maximum Gasteiger partial charge on any atom is 0.251 e. The molecule has 5 rings (SSSR count). The second kappa shape index (κ2) is 9.37. The van der Waals surface area contributed by atoms with E-state index >= 15 is 0 Å². The van der Waals surface area contributed by atoms with Crippen LogP contribution in [0.15, 0.2) is 55.1 Å². The Morgan fingerprint density at radius 1 is 1.14 bits per heavy atom. The quantitative estimate of drug-likeness (QED) is 0.323. The number of rotatable bonds is 6. The van der Waals surface area contributed by atoms with Gasteiger partial charge in [0.15, 0.2) is 35.1 Å². The van der Waals surface area contributed by atoms with Crippen LogP contribution in [0.1, 0.15) is 17.4 Å². The minimum absolute atomic E-state index is 0.385. The standard InChI is InChI=1S/C24H25N7O4/c1-13-10-26-9-8-15(13)20-29-21(27-11-14-6-4-3-5-7-14)16-22(30-20)31(12-28-16)24-18(33)17(32)19(35-24)23(34)25-2/h3-10,12,17-19,24,32-33H,11H2,1-2H3,(H,25,34)(H,27,29,30)/t17-,18-,19-,24-/m0/s1. The van der Waals surface area contributed by atoms with Crippen molar-refractivity contribution in [2.45, 2.75) is 38.0 Å². The number of imidazole rings is 1. The van der Waals surface area contributed by atoms with Crippen LogP contribution >= 0.6 is 0 Å². The molecule has 0 unspecified atom stereocenters. The Balaban J connectivity index is 1.59. The van der Waals surface area contributed by atoms with E-state index in [9.17, 15) is 15.0 Å². The maximum absolute atomic E-state index is 12.1. The van der Waals surface area contributed by atoms with Crippen LogP contribution < -0.4 is 10.6 Å². The lowest BCUT2D eigenvalue weighted by Crippen LogP contribution is -2.41. The molecule has 0 aliphatic carbocycles. The number of benzene rings is 1. The number of aryl methyl sites for hydroxylation is 1. The third-order valence-electron chi connectivity index (χ3n) is 6.00. The van der Waals surface area contributed by atoms with Crippen LogP contribution in [0, 0.1) is 6.92 Å². The first-order valence-corrected chi connectivity index (χ1v) is 11.1. The number of pyridine rings is 1. The van der Waals surface area contributed by atoms with Crippen molar-refractivity contribution in [3.05, 3.63) is 66.2 Å². The highest BCUT2D eigenvalue weighted by Crippen LogP contribution is 2.34. The van der Waals surface area contributed by atoms with Crippen molar-refractivity contribution in [2.24, 2.45) is 0 Å². The minimum atomic E-state index is -1.41. The van der Waals surface area contributed by atoms with E-state index in [1.54, 1.807) is 12.4 Å². The molecule has 4 heterocycles. The predicted molar refractivity (Wildman–Crippen MR) is 127 cm³/mol. The third kappa shape index (κ3) is 4.20. The fraction of sp³-hybridized carbons (Fsp3) is 0.292. The highest BCUT2D eigenvalue weighted by atomic mass is 16.6. The van der Waals surface area contributed by atoms with E-state index in [0.29, 0.717) is 29.4 Å². The summed E-state index contributed by atoms with van der Waals surface area (Å²) in [5, 5.41) is 26.9. The number of fused-ring (bicyclic) bond motifs is 1. The summed E-state index contributed by atoms with van der Waals surface area (Å²) < 4.78 is 7.27. The lowest BCUT2D eigenvalue weighted by molar-refractivity contribution is -0.137. The average molecular weight is 476 g/mol. The van der Waals surface area contributed by atoms with E-state index in [-0.39, 0.29) is 0 Å². The monoisotopic (exact) mass is 475 g/mol. The third-order valence-corrected chi connectivity index (χ3v) is 6.00. The fourth-order valence-electron chi connectivity index (χ4n) is 4.10. The van der Waals surface area contributed by atoms with Crippen LogP contribution in [-0.2, 0) is 16.1 Å². The average Bonchev–Trinajstić information content (AvgIpc) is 3.43. The summed E-state index contributed by atoms with van der Waals surface area (Å²) in [5.41, 5.74) is 3.58. The van der Waals surface area contributed by atoms with Crippen molar-refractivity contribution in [1.29, 1.82) is 0 Å². The van der Waals surface area contributed by atoms with Crippen molar-refractivity contribution in [3.8, 4) is 11.4 Å². The van der Waals surface area contributed by atoms with Gasteiger partial charge < -0.3 is 25.6 Å². The van der Waals surface area contributed by atoms with Gasteiger partial charge in [-0.25, -0.2) is 15.0 Å². The summed E-state index contributed by atoms with van der Waals surface area (Å²) in [6, 6.07) is 11.7. The van der Waals surface area contributed by atoms with Crippen molar-refractivity contribution in [1.82, 2.24) is 29.8 Å². The number of ether oxygens (including phenoxy) is 1. The number of aliphatic hydroxyl groups excluding tert-OH is 2. The molecule has 1 aliphatic heterocycles. The number of hydrogen-bond acceptors (Lipinski definition) is 9. The van der Waals surface area contributed by atoms with Crippen LogP contribution in [-0.4, -0.2) is 66.0 Å². The molecule has 4 atom stereocenters. The largest absolute Gasteiger partial charge is 0.387 e. The summed E-state index contributed by atoms with van der Waals surface area (Å²) in [6.07, 6.45) is -0.210. The predicted octanol–water partition coefficient (Wildman–Crippen LogP) is 1.17. The summed E-state index contributed by atoms with van der Waals surface area (Å²) in [7, 11) is 1.44. The van der Waals surface area contributed by atoms with Crippen LogP contribution in [0.5, 0.6) is 0 Å². The lowest BCUT2D eigenvalue weighted by Gasteiger charge is -2.17. The van der Waals surface area contributed by atoms with Crippen LogP contribution in [0.2, 0.25) is 0 Å². The molecule has 0 saturated carbocycles. The van der Waals surface area contributed by atoms with Crippen LogP contribution in [0.25, 0.3) is 22.6 Å². The zero-order chi connectivity index (χ0) is 24.5. The molecule has 4 N–H and O–H groups in total. The Labute approximate surface area is 200 Å². The molecule has 1 amide bonds. The van der Waals surface area contributed by atoms with Gasteiger partial charge in [-0.15, -0.1) is 0 Å². The SMILES string of the molecule is CNC(=O)[C@H]1O[C@H](n2cnc3c(NCc4ccccc4)nc(-c4ccncc4C)nc32)[C@@H](O)[C@@H]1O. The molecule has 0 radical (unpaired) electrons. The number of amides is 1. The Morgan fingerprint density at radius 2 is 1.94 bits per heavy atom. The number of likely N-dealkylation sites (N-methyl/N-ethyl adjacent to an activating group) is 1. The molecule has 180 valence electrons. The molecule has 11 nitrogen and oxygen atoms in total. The molecular weight excluding hydrogens is 450 g/mol. The molecule has 1 fully saturated rings. The molecule has 35 heavy (non-hydrogen) atoms. The number of aromatic nitrogens is 5. The number of hydrogen-bond donors (Lipinski definition) is 4. The first kappa shape index (κ1) is 22.8. The van der Waals surface area contributed by atoms with E-state index in [2.05, 4.69) is 20.6 Å². The second-order valence-corrected chi connectivity index (χ2v) is 8.29. The van der Waals surface area contributed by atoms with Gasteiger partial charge in [-0.1, -0.05) is 30.3 Å². The normalized spacial score (nSPS) is 21.8. The molecule has 0 spiro atoms. The fourth-order valence-corrected chi connectivity index (χ4v) is 4.10. The summed E-state index contributed by atoms with van der Waals surface area (Å²) in [6.45, 7) is 2.42. The smallest absolute Gasteiger partial charge is 0.251 e. The molecule has 1 aromatic carbocycles. The molecule has 3 aromatic heterocycles. The van der Waals surface area contributed by atoms with E-state index < -0.39 is 30.4 Å². The zero-order valence-electron chi connectivity index (χ0n) is 19.2. The first-order chi connectivity index (χ1) is 17.0. The first-order valence-electron chi connectivity index (χ1n) is 11.1. The van der Waals surface area contributed by atoms with E-state index in [4.69, 9.17) is 14.7 Å². The molecule has 0 bridgehead atoms. The lowest BCUT2D eigenvalue weighted by atomic mass is 10.1. The summed E-state index contributed by atoms with van der Waals surface area (Å²) in [5.74, 6) is 0.404. The highest BCUT2D eigenvalue weighted by Gasteiger charge is 2.47. The van der Waals surface area contributed by atoms with Crippen LogP contribution in [0.4, 0.5) is 5.82 Å². The van der Waals surface area contributed by atoms with E-state index in [0.717, 1.165) is 16.7 Å². The number of aliphatic hydroxyl groups is 2. The van der Waals surface area contributed by atoms with Gasteiger partial charge in [0.05, 0.1) is 6.33 Å². The van der Waals surface area contributed by atoms with Gasteiger partial charge in [0.25, 0.3) is 5.91 Å².